The fraction of sp³-hybridized carbons (Fsp3) is 0.833. The topological polar surface area (TPSA) is 75.3 Å². The van der Waals surface area contributed by atoms with Crippen molar-refractivity contribution in [1.29, 1.82) is 0 Å². The second kappa shape index (κ2) is 5.20. The number of nitrogens with two attached hydrogens (primary N) is 1. The number of carbonyl (C=O) groups excluding carboxylic acids is 1. The fourth-order valence-electron chi connectivity index (χ4n) is 0.493. The van der Waals surface area contributed by atoms with E-state index in [-0.39, 0.29) is 18.6 Å². The Morgan fingerprint density at radius 3 is 2.80 bits per heavy atom. The van der Waals surface area contributed by atoms with Crippen molar-refractivity contribution >= 4 is 5.91 Å². The van der Waals surface area contributed by atoms with Gasteiger partial charge in [-0.1, -0.05) is 0 Å². The molecule has 0 aliphatic rings. The van der Waals surface area contributed by atoms with Gasteiger partial charge in [-0.2, -0.15) is 0 Å². The van der Waals surface area contributed by atoms with Crippen LogP contribution in [0.4, 0.5) is 0 Å². The summed E-state index contributed by atoms with van der Waals surface area (Å²) in [6.07, 6.45) is 0.212. The number of rotatable bonds is 4. The Labute approximate surface area is 60.4 Å². The third-order valence-electron chi connectivity index (χ3n) is 1.07. The molecule has 4 nitrogen and oxygen atoms in total. The van der Waals surface area contributed by atoms with Gasteiger partial charge in [0.1, 0.15) is 0 Å². The zero-order chi connectivity index (χ0) is 7.98. The molecule has 0 bridgehead atoms. The van der Waals surface area contributed by atoms with E-state index >= 15 is 0 Å². The van der Waals surface area contributed by atoms with Crippen molar-refractivity contribution < 1.29 is 9.90 Å². The smallest absolute Gasteiger partial charge is 0.233 e. The summed E-state index contributed by atoms with van der Waals surface area (Å²) >= 11 is 0. The van der Waals surface area contributed by atoms with E-state index in [4.69, 9.17) is 10.8 Å². The normalized spacial score (nSPS) is 12.7. The average molecular weight is 146 g/mol. The van der Waals surface area contributed by atoms with Crippen LogP contribution in [0.1, 0.15) is 13.3 Å². The molecule has 0 saturated heterocycles. The van der Waals surface area contributed by atoms with Gasteiger partial charge in [0, 0.05) is 6.54 Å². The number of carbonyl (C=O) groups is 1. The fourth-order valence-corrected chi connectivity index (χ4v) is 0.493. The van der Waals surface area contributed by atoms with Gasteiger partial charge in [0.25, 0.3) is 0 Å². The highest BCUT2D eigenvalue weighted by Crippen LogP contribution is 1.84. The van der Waals surface area contributed by atoms with Crippen molar-refractivity contribution in [1.82, 2.24) is 5.32 Å². The SMILES string of the molecule is C[C@H](O)CCNC(=O)CN. The summed E-state index contributed by atoms with van der Waals surface area (Å²) in [5.74, 6) is -0.180. The predicted octanol–water partition coefficient (Wildman–Crippen LogP) is -1.17. The largest absolute Gasteiger partial charge is 0.393 e. The van der Waals surface area contributed by atoms with E-state index in [1.165, 1.54) is 0 Å². The van der Waals surface area contributed by atoms with Crippen LogP contribution in [0, 0.1) is 0 Å². The molecule has 0 aliphatic heterocycles. The number of nitrogens with one attached hydrogen (secondary N) is 1. The monoisotopic (exact) mass is 146 g/mol. The molecule has 0 aromatic carbocycles. The quantitative estimate of drug-likeness (QED) is 0.468. The molecule has 60 valence electrons. The molecule has 10 heavy (non-hydrogen) atoms. The van der Waals surface area contributed by atoms with Crippen LogP contribution in [0.2, 0.25) is 0 Å². The summed E-state index contributed by atoms with van der Waals surface area (Å²) in [5.41, 5.74) is 5.01. The molecule has 1 atom stereocenters. The van der Waals surface area contributed by atoms with Gasteiger partial charge < -0.3 is 16.2 Å². The van der Waals surface area contributed by atoms with Crippen LogP contribution in [0.3, 0.4) is 0 Å². The van der Waals surface area contributed by atoms with E-state index in [9.17, 15) is 4.79 Å². The number of aliphatic hydroxyl groups excluding tert-OH is 1. The average Bonchev–Trinajstić information content (AvgIpc) is 1.87. The third-order valence-corrected chi connectivity index (χ3v) is 1.07. The van der Waals surface area contributed by atoms with Gasteiger partial charge in [-0.3, -0.25) is 4.79 Å². The molecule has 0 aliphatic carbocycles. The van der Waals surface area contributed by atoms with Gasteiger partial charge in [-0.25, -0.2) is 0 Å². The zero-order valence-corrected chi connectivity index (χ0v) is 6.13. The second-order valence-corrected chi connectivity index (χ2v) is 2.19. The summed E-state index contributed by atoms with van der Waals surface area (Å²) in [5, 5.41) is 11.3. The molecule has 0 heterocycles. The first-order valence-electron chi connectivity index (χ1n) is 3.31. The maximum absolute atomic E-state index is 10.5. The molecule has 0 spiro atoms. The number of amides is 1. The van der Waals surface area contributed by atoms with Crippen LogP contribution < -0.4 is 11.1 Å². The summed E-state index contributed by atoms with van der Waals surface area (Å²) in [7, 11) is 0. The van der Waals surface area contributed by atoms with Crippen molar-refractivity contribution in [3.63, 3.8) is 0 Å². The van der Waals surface area contributed by atoms with Crippen LogP contribution in [0.15, 0.2) is 0 Å². The summed E-state index contributed by atoms with van der Waals surface area (Å²) in [6, 6.07) is 0. The standard InChI is InChI=1S/C6H14N2O2/c1-5(9)2-3-8-6(10)4-7/h5,9H,2-4,7H2,1H3,(H,8,10)/t5-/m0/s1. The molecule has 4 N–H and O–H groups in total. The van der Waals surface area contributed by atoms with Crippen LogP contribution in [0.25, 0.3) is 0 Å². The van der Waals surface area contributed by atoms with Crippen molar-refractivity contribution in [2.45, 2.75) is 19.4 Å². The van der Waals surface area contributed by atoms with Gasteiger partial charge in [0.2, 0.25) is 5.91 Å². The molecule has 1 amide bonds. The van der Waals surface area contributed by atoms with Gasteiger partial charge in [-0.05, 0) is 13.3 Å². The van der Waals surface area contributed by atoms with Crippen LogP contribution in [-0.4, -0.2) is 30.2 Å². The maximum atomic E-state index is 10.5. The summed E-state index contributed by atoms with van der Waals surface area (Å²) in [6.45, 7) is 2.18. The van der Waals surface area contributed by atoms with Gasteiger partial charge in [-0.15, -0.1) is 0 Å². The Hall–Kier alpha value is -0.610. The highest BCUT2D eigenvalue weighted by molar-refractivity contribution is 5.77. The Balaban J connectivity index is 3.12. The highest BCUT2D eigenvalue weighted by Gasteiger charge is 1.97. The van der Waals surface area contributed by atoms with Gasteiger partial charge >= 0.3 is 0 Å². The van der Waals surface area contributed by atoms with Gasteiger partial charge in [0.05, 0.1) is 12.6 Å². The third kappa shape index (κ3) is 5.53. The molecule has 0 aromatic heterocycles. The summed E-state index contributed by atoms with van der Waals surface area (Å²) < 4.78 is 0. The lowest BCUT2D eigenvalue weighted by atomic mass is 10.3. The number of aliphatic hydroxyl groups is 1. The van der Waals surface area contributed by atoms with E-state index in [1.54, 1.807) is 6.92 Å². The zero-order valence-electron chi connectivity index (χ0n) is 6.13. The van der Waals surface area contributed by atoms with E-state index in [1.807, 2.05) is 0 Å². The lowest BCUT2D eigenvalue weighted by Crippen LogP contribution is -2.32. The minimum Gasteiger partial charge on any atom is -0.393 e. The minimum atomic E-state index is -0.363. The predicted molar refractivity (Wildman–Crippen MR) is 38.4 cm³/mol. The molecule has 0 unspecified atom stereocenters. The van der Waals surface area contributed by atoms with E-state index < -0.39 is 0 Å². The Bertz CT molecular complexity index is 104. The molecular weight excluding hydrogens is 132 g/mol. The van der Waals surface area contributed by atoms with E-state index in [0.29, 0.717) is 13.0 Å². The Morgan fingerprint density at radius 1 is 1.80 bits per heavy atom. The Morgan fingerprint density at radius 2 is 2.40 bits per heavy atom. The van der Waals surface area contributed by atoms with Gasteiger partial charge in [0.15, 0.2) is 0 Å². The second-order valence-electron chi connectivity index (χ2n) is 2.19. The van der Waals surface area contributed by atoms with Crippen LogP contribution in [0.5, 0.6) is 0 Å². The first-order valence-corrected chi connectivity index (χ1v) is 3.31. The molecule has 0 radical (unpaired) electrons. The lowest BCUT2D eigenvalue weighted by molar-refractivity contribution is -0.119. The van der Waals surface area contributed by atoms with Crippen molar-refractivity contribution in [3.05, 3.63) is 0 Å². The molecule has 4 heteroatoms. The lowest BCUT2D eigenvalue weighted by Gasteiger charge is -2.04. The first-order chi connectivity index (χ1) is 4.66. The van der Waals surface area contributed by atoms with Crippen molar-refractivity contribution in [2.75, 3.05) is 13.1 Å². The highest BCUT2D eigenvalue weighted by atomic mass is 16.3. The van der Waals surface area contributed by atoms with E-state index in [0.717, 1.165) is 0 Å². The van der Waals surface area contributed by atoms with Crippen LogP contribution in [-0.2, 0) is 4.79 Å². The molecular formula is C6H14N2O2. The molecule has 0 rings (SSSR count). The molecule has 0 saturated carbocycles. The number of hydrogen-bond acceptors (Lipinski definition) is 3. The number of hydrogen-bond donors (Lipinski definition) is 3. The van der Waals surface area contributed by atoms with Crippen molar-refractivity contribution in [3.8, 4) is 0 Å². The molecule has 0 aromatic rings. The van der Waals surface area contributed by atoms with E-state index in [2.05, 4.69) is 5.32 Å². The van der Waals surface area contributed by atoms with Crippen LogP contribution >= 0.6 is 0 Å². The van der Waals surface area contributed by atoms with Crippen molar-refractivity contribution in [2.24, 2.45) is 5.73 Å². The minimum absolute atomic E-state index is 0.0137. The summed E-state index contributed by atoms with van der Waals surface area (Å²) in [4.78, 5) is 10.5. The maximum Gasteiger partial charge on any atom is 0.233 e. The molecule has 0 fully saturated rings. The first kappa shape index (κ1) is 9.39. The Kier molecular flexibility index (Phi) is 4.88.